The van der Waals surface area contributed by atoms with Gasteiger partial charge in [-0.25, -0.2) is 4.39 Å². The lowest BCUT2D eigenvalue weighted by molar-refractivity contribution is -0.137. The second kappa shape index (κ2) is 11.7. The minimum absolute atomic E-state index is 0.0380. The molecule has 0 aliphatic rings. The molecule has 1 unspecified atom stereocenters. The smallest absolute Gasteiger partial charge is 0.304 e. The standard InChI is InChI=1S/C32H36FNO4/c1-31(2,3)18-23-15-25(10-12-26(23)27-16-24(37-6)11-13-29(27)33)38-19-21-8-7-9-22(14-21)28(17-30(35)36)32(4,5)20-34/h7-16,28H,17-19H2,1-6H3,(H,35,36). The van der Waals surface area contributed by atoms with Crippen LogP contribution in [0.15, 0.2) is 60.7 Å². The number of rotatable bonds is 10. The summed E-state index contributed by atoms with van der Waals surface area (Å²) in [6, 6.07) is 20.2. The van der Waals surface area contributed by atoms with E-state index < -0.39 is 17.3 Å². The molecule has 0 saturated heterocycles. The molecule has 200 valence electrons. The summed E-state index contributed by atoms with van der Waals surface area (Å²) in [5, 5.41) is 19.0. The molecule has 1 N–H and O–H groups in total. The van der Waals surface area contributed by atoms with E-state index in [2.05, 4.69) is 26.8 Å². The number of hydrogen-bond donors (Lipinski definition) is 1. The van der Waals surface area contributed by atoms with Gasteiger partial charge in [0.1, 0.15) is 23.9 Å². The number of carboxylic acids is 1. The van der Waals surface area contributed by atoms with E-state index >= 15 is 0 Å². The van der Waals surface area contributed by atoms with Crippen molar-refractivity contribution in [3.63, 3.8) is 0 Å². The Bertz CT molecular complexity index is 1330. The molecule has 0 aliphatic carbocycles. The number of methoxy groups -OCH3 is 1. The van der Waals surface area contributed by atoms with Crippen LogP contribution >= 0.6 is 0 Å². The third kappa shape index (κ3) is 7.35. The van der Waals surface area contributed by atoms with Gasteiger partial charge in [0.2, 0.25) is 0 Å². The van der Waals surface area contributed by atoms with Crippen LogP contribution in [0.2, 0.25) is 0 Å². The van der Waals surface area contributed by atoms with E-state index in [1.807, 2.05) is 42.5 Å². The van der Waals surface area contributed by atoms with Crippen LogP contribution in [0.3, 0.4) is 0 Å². The Hall–Kier alpha value is -3.85. The molecule has 0 fully saturated rings. The number of nitriles is 1. The predicted molar refractivity (Wildman–Crippen MR) is 147 cm³/mol. The maximum atomic E-state index is 14.8. The Morgan fingerprint density at radius 2 is 1.71 bits per heavy atom. The van der Waals surface area contributed by atoms with Crippen molar-refractivity contribution in [3.05, 3.63) is 83.2 Å². The number of nitrogens with zero attached hydrogens (tertiary/aromatic N) is 1. The summed E-state index contributed by atoms with van der Waals surface area (Å²) < 4.78 is 26.3. The number of aliphatic carboxylic acids is 1. The molecule has 38 heavy (non-hydrogen) atoms. The Labute approximate surface area is 224 Å². The summed E-state index contributed by atoms with van der Waals surface area (Å²) in [5.74, 6) is -0.479. The predicted octanol–water partition coefficient (Wildman–Crippen LogP) is 7.78. The van der Waals surface area contributed by atoms with Crippen LogP contribution in [0.25, 0.3) is 11.1 Å². The van der Waals surface area contributed by atoms with Gasteiger partial charge in [-0.15, -0.1) is 0 Å². The van der Waals surface area contributed by atoms with Crippen LogP contribution in [0.4, 0.5) is 4.39 Å². The normalized spacial score (nSPS) is 12.5. The molecule has 0 saturated carbocycles. The summed E-state index contributed by atoms with van der Waals surface area (Å²) in [5.41, 5.74) is 3.01. The third-order valence-electron chi connectivity index (χ3n) is 6.56. The molecular formula is C32H36FNO4. The minimum atomic E-state index is -0.945. The number of halogens is 1. The van der Waals surface area contributed by atoms with Gasteiger partial charge in [-0.2, -0.15) is 5.26 Å². The summed E-state index contributed by atoms with van der Waals surface area (Å²) in [7, 11) is 1.56. The Morgan fingerprint density at radius 1 is 1.00 bits per heavy atom. The van der Waals surface area contributed by atoms with E-state index in [9.17, 15) is 19.6 Å². The Balaban J connectivity index is 1.91. The summed E-state index contributed by atoms with van der Waals surface area (Å²) in [6.45, 7) is 10.2. The molecule has 3 aromatic carbocycles. The molecule has 0 spiro atoms. The highest BCUT2D eigenvalue weighted by molar-refractivity contribution is 5.71. The van der Waals surface area contributed by atoms with Crippen molar-refractivity contribution in [2.24, 2.45) is 10.8 Å². The molecule has 0 aromatic heterocycles. The molecule has 6 heteroatoms. The van der Waals surface area contributed by atoms with Gasteiger partial charge < -0.3 is 14.6 Å². The van der Waals surface area contributed by atoms with Crippen molar-refractivity contribution >= 4 is 5.97 Å². The van der Waals surface area contributed by atoms with Crippen molar-refractivity contribution in [2.75, 3.05) is 7.11 Å². The first-order valence-corrected chi connectivity index (χ1v) is 12.6. The minimum Gasteiger partial charge on any atom is -0.497 e. The van der Waals surface area contributed by atoms with Crippen LogP contribution in [-0.2, 0) is 17.8 Å². The average Bonchev–Trinajstić information content (AvgIpc) is 2.86. The van der Waals surface area contributed by atoms with Gasteiger partial charge >= 0.3 is 5.97 Å². The molecule has 3 rings (SSSR count). The topological polar surface area (TPSA) is 79.6 Å². The summed E-state index contributed by atoms with van der Waals surface area (Å²) in [4.78, 5) is 11.5. The lowest BCUT2D eigenvalue weighted by Gasteiger charge is -2.27. The average molecular weight is 518 g/mol. The van der Waals surface area contributed by atoms with Crippen LogP contribution in [0, 0.1) is 28.0 Å². The van der Waals surface area contributed by atoms with Crippen LogP contribution < -0.4 is 9.47 Å². The van der Waals surface area contributed by atoms with Gasteiger partial charge in [0.05, 0.1) is 25.0 Å². The molecule has 3 aromatic rings. The molecule has 0 radical (unpaired) electrons. The number of ether oxygens (including phenoxy) is 2. The Morgan fingerprint density at radius 3 is 2.34 bits per heavy atom. The van der Waals surface area contributed by atoms with Crippen molar-refractivity contribution < 1.29 is 23.8 Å². The maximum absolute atomic E-state index is 14.8. The first-order chi connectivity index (χ1) is 17.8. The molecule has 0 amide bonds. The lowest BCUT2D eigenvalue weighted by Crippen LogP contribution is -2.23. The van der Waals surface area contributed by atoms with E-state index in [-0.39, 0.29) is 24.3 Å². The monoisotopic (exact) mass is 517 g/mol. The second-order valence-electron chi connectivity index (χ2n) is 11.4. The second-order valence-corrected chi connectivity index (χ2v) is 11.4. The zero-order chi connectivity index (χ0) is 28.1. The highest BCUT2D eigenvalue weighted by Gasteiger charge is 2.33. The fourth-order valence-electron chi connectivity index (χ4n) is 4.59. The van der Waals surface area contributed by atoms with Crippen molar-refractivity contribution in [1.29, 1.82) is 5.26 Å². The molecular weight excluding hydrogens is 481 g/mol. The maximum Gasteiger partial charge on any atom is 0.304 e. The number of hydrogen-bond acceptors (Lipinski definition) is 4. The van der Waals surface area contributed by atoms with Crippen LogP contribution in [0.1, 0.15) is 63.6 Å². The van der Waals surface area contributed by atoms with Gasteiger partial charge in [-0.05, 0) is 78.3 Å². The molecule has 0 heterocycles. The van der Waals surface area contributed by atoms with E-state index in [1.54, 1.807) is 33.1 Å². The van der Waals surface area contributed by atoms with Gasteiger partial charge in [-0.1, -0.05) is 51.1 Å². The fourth-order valence-corrected chi connectivity index (χ4v) is 4.59. The highest BCUT2D eigenvalue weighted by Crippen LogP contribution is 2.39. The molecule has 0 bridgehead atoms. The number of carbonyl (C=O) groups is 1. The van der Waals surface area contributed by atoms with Crippen molar-refractivity contribution in [3.8, 4) is 28.7 Å². The van der Waals surface area contributed by atoms with Crippen LogP contribution in [0.5, 0.6) is 11.5 Å². The van der Waals surface area contributed by atoms with Gasteiger partial charge in [0, 0.05) is 11.5 Å². The van der Waals surface area contributed by atoms with E-state index in [1.165, 1.54) is 6.07 Å². The van der Waals surface area contributed by atoms with E-state index in [0.29, 0.717) is 23.5 Å². The quantitative estimate of drug-likeness (QED) is 0.297. The largest absolute Gasteiger partial charge is 0.497 e. The molecule has 1 atom stereocenters. The number of carboxylic acid groups (broad SMARTS) is 1. The van der Waals surface area contributed by atoms with E-state index in [4.69, 9.17) is 9.47 Å². The zero-order valence-corrected chi connectivity index (χ0v) is 23.0. The van der Waals surface area contributed by atoms with Gasteiger partial charge in [0.25, 0.3) is 0 Å². The van der Waals surface area contributed by atoms with Gasteiger partial charge in [0.15, 0.2) is 0 Å². The summed E-state index contributed by atoms with van der Waals surface area (Å²) in [6.07, 6.45) is 0.578. The highest BCUT2D eigenvalue weighted by atomic mass is 19.1. The Kier molecular flexibility index (Phi) is 8.83. The van der Waals surface area contributed by atoms with Gasteiger partial charge in [-0.3, -0.25) is 4.79 Å². The fraction of sp³-hybridized carbons (Fsp3) is 0.375. The van der Waals surface area contributed by atoms with Crippen molar-refractivity contribution in [1.82, 2.24) is 0 Å². The molecule has 0 aliphatic heterocycles. The summed E-state index contributed by atoms with van der Waals surface area (Å²) >= 11 is 0. The SMILES string of the molecule is COc1ccc(F)c(-c2ccc(OCc3cccc(C(CC(=O)O)C(C)(C)C#N)c3)cc2CC(C)(C)C)c1. The van der Waals surface area contributed by atoms with Crippen molar-refractivity contribution in [2.45, 2.75) is 60.0 Å². The number of benzene rings is 3. The molecule has 5 nitrogen and oxygen atoms in total. The lowest BCUT2D eigenvalue weighted by atomic mass is 9.74. The zero-order valence-electron chi connectivity index (χ0n) is 23.0. The first-order valence-electron chi connectivity index (χ1n) is 12.6. The first kappa shape index (κ1) is 28.7. The van der Waals surface area contributed by atoms with E-state index in [0.717, 1.165) is 22.3 Å². The van der Waals surface area contributed by atoms with Crippen LogP contribution in [-0.4, -0.2) is 18.2 Å². The third-order valence-corrected chi connectivity index (χ3v) is 6.56.